The van der Waals surface area contributed by atoms with Crippen LogP contribution in [0.1, 0.15) is 12.1 Å². The summed E-state index contributed by atoms with van der Waals surface area (Å²) in [6, 6.07) is 10.1. The summed E-state index contributed by atoms with van der Waals surface area (Å²) in [5.74, 6) is 0.709. The molecular weight excluding hydrogens is 324 g/mol. The molecule has 5 heteroatoms. The van der Waals surface area contributed by atoms with Gasteiger partial charge >= 0.3 is 0 Å². The molecule has 0 amide bonds. The predicted molar refractivity (Wildman–Crippen MR) is 82.4 cm³/mol. The first-order valence-electron chi connectivity index (χ1n) is 6.19. The van der Waals surface area contributed by atoms with Gasteiger partial charge < -0.3 is 5.11 Å². The molecule has 1 aromatic carbocycles. The Hall–Kier alpha value is -0.780. The van der Waals surface area contributed by atoms with Crippen molar-refractivity contribution in [2.24, 2.45) is 7.05 Å². The Kier molecular flexibility index (Phi) is 5.48. The quantitative estimate of drug-likeness (QED) is 0.820. The first kappa shape index (κ1) is 14.6. The first-order chi connectivity index (χ1) is 9.16. The fraction of sp³-hybridized carbons (Fsp3) is 0.357. The van der Waals surface area contributed by atoms with E-state index in [1.807, 2.05) is 36.0 Å². The molecule has 102 valence electrons. The van der Waals surface area contributed by atoms with Gasteiger partial charge in [0.25, 0.3) is 0 Å². The summed E-state index contributed by atoms with van der Waals surface area (Å²) >= 11 is 5.19. The summed E-state index contributed by atoms with van der Waals surface area (Å²) < 4.78 is 2.94. The van der Waals surface area contributed by atoms with Crippen LogP contribution < -0.4 is 0 Å². The lowest BCUT2D eigenvalue weighted by Crippen LogP contribution is -2.12. The Morgan fingerprint density at radius 2 is 2.16 bits per heavy atom. The van der Waals surface area contributed by atoms with Crippen molar-refractivity contribution < 1.29 is 5.11 Å². The predicted octanol–water partition coefficient (Wildman–Crippen LogP) is 3.27. The van der Waals surface area contributed by atoms with Crippen molar-refractivity contribution in [2.75, 3.05) is 5.75 Å². The van der Waals surface area contributed by atoms with Gasteiger partial charge in [0, 0.05) is 34.1 Å². The lowest BCUT2D eigenvalue weighted by atomic mass is 10.2. The number of benzene rings is 1. The molecule has 0 aliphatic carbocycles. The van der Waals surface area contributed by atoms with Crippen molar-refractivity contribution >= 4 is 27.7 Å². The number of nitrogens with zero attached hydrogens (tertiary/aromatic N) is 2. The SMILES string of the molecule is Cn1nccc1CCC(O)CSc1ccccc1Br. The van der Waals surface area contributed by atoms with Crippen LogP contribution in [-0.4, -0.2) is 26.7 Å². The van der Waals surface area contributed by atoms with E-state index in [1.54, 1.807) is 18.0 Å². The molecule has 0 aliphatic heterocycles. The maximum Gasteiger partial charge on any atom is 0.0637 e. The van der Waals surface area contributed by atoms with Gasteiger partial charge in [0.1, 0.15) is 0 Å². The average molecular weight is 341 g/mol. The normalized spacial score (nSPS) is 12.6. The second kappa shape index (κ2) is 7.12. The molecule has 2 rings (SSSR count). The van der Waals surface area contributed by atoms with Gasteiger partial charge in [0.15, 0.2) is 0 Å². The Balaban J connectivity index is 1.77. The molecule has 1 N–H and O–H groups in total. The summed E-state index contributed by atoms with van der Waals surface area (Å²) in [6.45, 7) is 0. The highest BCUT2D eigenvalue weighted by Gasteiger charge is 2.08. The van der Waals surface area contributed by atoms with Crippen molar-refractivity contribution in [3.05, 3.63) is 46.7 Å². The van der Waals surface area contributed by atoms with E-state index < -0.39 is 0 Å². The third-order valence-electron chi connectivity index (χ3n) is 2.92. The molecule has 1 unspecified atom stereocenters. The van der Waals surface area contributed by atoms with E-state index in [0.29, 0.717) is 5.75 Å². The zero-order valence-electron chi connectivity index (χ0n) is 10.8. The molecule has 0 fully saturated rings. The lowest BCUT2D eigenvalue weighted by Gasteiger charge is -2.11. The number of hydrogen-bond acceptors (Lipinski definition) is 3. The van der Waals surface area contributed by atoms with Gasteiger partial charge in [0.05, 0.1) is 6.10 Å². The third-order valence-corrected chi connectivity index (χ3v) is 5.10. The number of thioether (sulfide) groups is 1. The highest BCUT2D eigenvalue weighted by molar-refractivity contribution is 9.10. The van der Waals surface area contributed by atoms with Gasteiger partial charge in [-0.2, -0.15) is 5.10 Å². The smallest absolute Gasteiger partial charge is 0.0637 e. The zero-order valence-corrected chi connectivity index (χ0v) is 13.2. The number of aliphatic hydroxyl groups is 1. The van der Waals surface area contributed by atoms with Gasteiger partial charge in [-0.05, 0) is 47.0 Å². The van der Waals surface area contributed by atoms with E-state index in [9.17, 15) is 5.11 Å². The molecule has 0 spiro atoms. The minimum atomic E-state index is -0.299. The van der Waals surface area contributed by atoms with E-state index in [1.165, 1.54) is 4.90 Å². The minimum Gasteiger partial charge on any atom is -0.392 e. The highest BCUT2D eigenvalue weighted by atomic mass is 79.9. The van der Waals surface area contributed by atoms with Crippen LogP contribution in [0.5, 0.6) is 0 Å². The number of halogens is 1. The molecule has 1 atom stereocenters. The summed E-state index contributed by atoms with van der Waals surface area (Å²) in [5.41, 5.74) is 1.16. The Bertz CT molecular complexity index is 530. The van der Waals surface area contributed by atoms with Crippen molar-refractivity contribution in [1.82, 2.24) is 9.78 Å². The van der Waals surface area contributed by atoms with Gasteiger partial charge in [-0.1, -0.05) is 12.1 Å². The third kappa shape index (κ3) is 4.37. The van der Waals surface area contributed by atoms with Gasteiger partial charge in [-0.3, -0.25) is 4.68 Å². The standard InChI is InChI=1S/C14H17BrN2OS/c1-17-11(8-9-16-17)6-7-12(18)10-19-14-5-3-2-4-13(14)15/h2-5,8-9,12,18H,6-7,10H2,1H3. The van der Waals surface area contributed by atoms with E-state index in [-0.39, 0.29) is 6.10 Å². The van der Waals surface area contributed by atoms with Crippen molar-refractivity contribution in [2.45, 2.75) is 23.8 Å². The van der Waals surface area contributed by atoms with Crippen LogP contribution in [0, 0.1) is 0 Å². The maximum absolute atomic E-state index is 10.0. The van der Waals surface area contributed by atoms with Crippen LogP contribution in [-0.2, 0) is 13.5 Å². The number of aromatic nitrogens is 2. The molecule has 2 aromatic rings. The Morgan fingerprint density at radius 3 is 2.84 bits per heavy atom. The molecule has 0 radical (unpaired) electrons. The summed E-state index contributed by atoms with van der Waals surface area (Å²) in [7, 11) is 1.93. The number of hydrogen-bond donors (Lipinski definition) is 1. The van der Waals surface area contributed by atoms with Crippen molar-refractivity contribution in [1.29, 1.82) is 0 Å². The van der Waals surface area contributed by atoms with Gasteiger partial charge in [-0.25, -0.2) is 0 Å². The van der Waals surface area contributed by atoms with Crippen LogP contribution in [0.2, 0.25) is 0 Å². The van der Waals surface area contributed by atoms with Crippen molar-refractivity contribution in [3.8, 4) is 0 Å². The van der Waals surface area contributed by atoms with Gasteiger partial charge in [-0.15, -0.1) is 11.8 Å². The summed E-state index contributed by atoms with van der Waals surface area (Å²) in [6.07, 6.45) is 3.11. The molecule has 19 heavy (non-hydrogen) atoms. The van der Waals surface area contributed by atoms with E-state index in [0.717, 1.165) is 23.0 Å². The van der Waals surface area contributed by atoms with Crippen LogP contribution in [0.4, 0.5) is 0 Å². The van der Waals surface area contributed by atoms with Crippen molar-refractivity contribution in [3.63, 3.8) is 0 Å². The highest BCUT2D eigenvalue weighted by Crippen LogP contribution is 2.27. The van der Waals surface area contributed by atoms with E-state index in [4.69, 9.17) is 0 Å². The molecule has 0 aliphatic rings. The molecule has 1 aromatic heterocycles. The molecule has 0 saturated carbocycles. The average Bonchev–Trinajstić information content (AvgIpc) is 2.81. The largest absolute Gasteiger partial charge is 0.392 e. The summed E-state index contributed by atoms with van der Waals surface area (Å²) in [4.78, 5) is 1.17. The van der Waals surface area contributed by atoms with Crippen LogP contribution in [0.15, 0.2) is 45.9 Å². The Morgan fingerprint density at radius 1 is 1.37 bits per heavy atom. The van der Waals surface area contributed by atoms with E-state index >= 15 is 0 Å². The van der Waals surface area contributed by atoms with Crippen LogP contribution in [0.25, 0.3) is 0 Å². The van der Waals surface area contributed by atoms with Crippen LogP contribution in [0.3, 0.4) is 0 Å². The number of aliphatic hydroxyl groups excluding tert-OH is 1. The second-order valence-corrected chi connectivity index (χ2v) is 6.30. The van der Waals surface area contributed by atoms with E-state index in [2.05, 4.69) is 27.1 Å². The number of aryl methyl sites for hydroxylation is 2. The monoisotopic (exact) mass is 340 g/mol. The zero-order chi connectivity index (χ0) is 13.7. The minimum absolute atomic E-state index is 0.299. The second-order valence-electron chi connectivity index (χ2n) is 4.38. The first-order valence-corrected chi connectivity index (χ1v) is 7.97. The number of rotatable bonds is 6. The Labute approximate surface area is 126 Å². The molecular formula is C14H17BrN2OS. The summed E-state index contributed by atoms with van der Waals surface area (Å²) in [5, 5.41) is 14.1. The topological polar surface area (TPSA) is 38.0 Å². The lowest BCUT2D eigenvalue weighted by molar-refractivity contribution is 0.188. The molecule has 0 saturated heterocycles. The molecule has 1 heterocycles. The fourth-order valence-corrected chi connectivity index (χ4v) is 3.34. The maximum atomic E-state index is 10.0. The van der Waals surface area contributed by atoms with Crippen LogP contribution >= 0.6 is 27.7 Å². The van der Waals surface area contributed by atoms with Gasteiger partial charge in [0.2, 0.25) is 0 Å². The molecule has 0 bridgehead atoms. The molecule has 3 nitrogen and oxygen atoms in total. The fourth-order valence-electron chi connectivity index (χ4n) is 1.79.